The van der Waals surface area contributed by atoms with Crippen molar-refractivity contribution in [2.75, 3.05) is 18.6 Å². The van der Waals surface area contributed by atoms with Crippen LogP contribution in [0.15, 0.2) is 42.5 Å². The van der Waals surface area contributed by atoms with Crippen LogP contribution in [0.5, 0.6) is 5.75 Å². The van der Waals surface area contributed by atoms with Crippen molar-refractivity contribution >= 4 is 38.9 Å². The number of benzene rings is 3. The van der Waals surface area contributed by atoms with Crippen LogP contribution in [-0.2, 0) is 4.79 Å². The second-order valence-corrected chi connectivity index (χ2v) is 5.60. The van der Waals surface area contributed by atoms with Crippen LogP contribution in [0.25, 0.3) is 21.5 Å². The molecule has 0 bridgehead atoms. The maximum absolute atomic E-state index is 12.4. The van der Waals surface area contributed by atoms with E-state index in [1.807, 2.05) is 37.3 Å². The number of nitrogens with zero attached hydrogens (tertiary/aromatic N) is 1. The third-order valence-corrected chi connectivity index (χ3v) is 4.35. The first kappa shape index (κ1) is 13.8. The van der Waals surface area contributed by atoms with E-state index in [4.69, 9.17) is 4.74 Å². The first-order chi connectivity index (χ1) is 11.1. The number of rotatable bonds is 2. The Kier molecular flexibility index (Phi) is 2.88. The Hall–Kier alpha value is -2.88. The average Bonchev–Trinajstić information content (AvgIpc) is 2.58. The van der Waals surface area contributed by atoms with Crippen molar-refractivity contribution < 1.29 is 14.3 Å². The van der Waals surface area contributed by atoms with Crippen molar-refractivity contribution in [1.29, 1.82) is 0 Å². The number of ketones is 1. The van der Waals surface area contributed by atoms with Gasteiger partial charge in [-0.3, -0.25) is 9.59 Å². The topological polar surface area (TPSA) is 46.6 Å². The van der Waals surface area contributed by atoms with Crippen molar-refractivity contribution in [2.24, 2.45) is 0 Å². The molecule has 3 aromatic rings. The van der Waals surface area contributed by atoms with Crippen LogP contribution in [-0.4, -0.2) is 25.3 Å². The van der Waals surface area contributed by atoms with Crippen LogP contribution in [0.1, 0.15) is 17.3 Å². The van der Waals surface area contributed by atoms with Crippen LogP contribution in [0.2, 0.25) is 0 Å². The highest BCUT2D eigenvalue weighted by molar-refractivity contribution is 6.52. The van der Waals surface area contributed by atoms with Gasteiger partial charge >= 0.3 is 0 Å². The molecule has 0 aromatic heterocycles. The van der Waals surface area contributed by atoms with E-state index >= 15 is 0 Å². The molecule has 1 aliphatic rings. The zero-order chi connectivity index (χ0) is 16.1. The summed E-state index contributed by atoms with van der Waals surface area (Å²) in [5.41, 5.74) is 1.20. The fraction of sp³-hybridized carbons (Fsp3) is 0.158. The van der Waals surface area contributed by atoms with Crippen molar-refractivity contribution in [3.05, 3.63) is 48.0 Å². The van der Waals surface area contributed by atoms with Gasteiger partial charge in [0.25, 0.3) is 11.7 Å². The molecule has 4 heteroatoms. The third-order valence-electron chi connectivity index (χ3n) is 4.35. The minimum Gasteiger partial charge on any atom is -0.493 e. The van der Waals surface area contributed by atoms with Gasteiger partial charge in [0.2, 0.25) is 0 Å². The molecule has 1 aliphatic heterocycles. The maximum atomic E-state index is 12.4. The monoisotopic (exact) mass is 305 g/mol. The number of fused-ring (bicyclic) bond motifs is 2. The van der Waals surface area contributed by atoms with Gasteiger partial charge in [-0.2, -0.15) is 0 Å². The number of ether oxygens (including phenoxy) is 1. The summed E-state index contributed by atoms with van der Waals surface area (Å²) in [6.45, 7) is 2.47. The summed E-state index contributed by atoms with van der Waals surface area (Å²) in [7, 11) is 1.64. The fourth-order valence-electron chi connectivity index (χ4n) is 3.29. The highest BCUT2D eigenvalue weighted by Crippen LogP contribution is 2.43. The summed E-state index contributed by atoms with van der Waals surface area (Å²) in [5, 5.41) is 3.72. The van der Waals surface area contributed by atoms with Crippen LogP contribution >= 0.6 is 0 Å². The van der Waals surface area contributed by atoms with E-state index in [0.717, 1.165) is 33.0 Å². The molecule has 114 valence electrons. The van der Waals surface area contributed by atoms with Crippen molar-refractivity contribution in [3.8, 4) is 5.75 Å². The zero-order valence-corrected chi connectivity index (χ0v) is 12.9. The Morgan fingerprint density at radius 3 is 2.61 bits per heavy atom. The van der Waals surface area contributed by atoms with E-state index in [2.05, 4.69) is 0 Å². The molecule has 0 unspecified atom stereocenters. The predicted molar refractivity (Wildman–Crippen MR) is 90.4 cm³/mol. The highest BCUT2D eigenvalue weighted by atomic mass is 16.5. The molecule has 1 amide bonds. The molecular weight excluding hydrogens is 290 g/mol. The van der Waals surface area contributed by atoms with Gasteiger partial charge in [0.1, 0.15) is 5.75 Å². The zero-order valence-electron chi connectivity index (χ0n) is 12.9. The molecule has 0 spiro atoms. The van der Waals surface area contributed by atoms with E-state index in [0.29, 0.717) is 12.2 Å². The van der Waals surface area contributed by atoms with Crippen LogP contribution in [0, 0.1) is 0 Å². The molecule has 3 aromatic carbocycles. The number of anilines is 1. The average molecular weight is 305 g/mol. The molecule has 4 rings (SSSR count). The molecule has 0 aliphatic carbocycles. The van der Waals surface area contributed by atoms with Gasteiger partial charge in [-0.1, -0.05) is 24.3 Å². The molecule has 0 saturated heterocycles. The Morgan fingerprint density at radius 1 is 1.04 bits per heavy atom. The summed E-state index contributed by atoms with van der Waals surface area (Å²) < 4.78 is 5.79. The lowest BCUT2D eigenvalue weighted by Gasteiger charge is -2.26. The Bertz CT molecular complexity index is 991. The lowest BCUT2D eigenvalue weighted by molar-refractivity contribution is -0.114. The van der Waals surface area contributed by atoms with Gasteiger partial charge in [-0.05, 0) is 35.9 Å². The Balaban J connectivity index is 2.26. The van der Waals surface area contributed by atoms with Crippen LogP contribution < -0.4 is 9.64 Å². The highest BCUT2D eigenvalue weighted by Gasteiger charge is 2.32. The standard InChI is InChI=1S/C19H15NO3/c1-3-23-15-9-8-13-16-14(20(2)19(22)18(13)21)10-11-6-4-5-7-12(11)17(15)16/h4-10H,3H2,1-2H3. The number of amides is 1. The predicted octanol–water partition coefficient (Wildman–Crippen LogP) is 3.55. The summed E-state index contributed by atoms with van der Waals surface area (Å²) >= 11 is 0. The number of likely N-dealkylation sites (N-methyl/N-ethyl adjacent to an activating group) is 1. The van der Waals surface area contributed by atoms with Crippen LogP contribution in [0.3, 0.4) is 0 Å². The Labute approximate surface area is 133 Å². The van der Waals surface area contributed by atoms with Gasteiger partial charge in [0.05, 0.1) is 12.3 Å². The van der Waals surface area contributed by atoms with E-state index in [-0.39, 0.29) is 0 Å². The number of carbonyl (C=O) groups excluding carboxylic acids is 2. The molecule has 0 atom stereocenters. The summed E-state index contributed by atoms with van der Waals surface area (Å²) in [5.74, 6) is -0.235. The minimum absolute atomic E-state index is 0.451. The summed E-state index contributed by atoms with van der Waals surface area (Å²) in [6.07, 6.45) is 0. The normalized spacial score (nSPS) is 13.9. The van der Waals surface area contributed by atoms with E-state index < -0.39 is 11.7 Å². The van der Waals surface area contributed by atoms with Gasteiger partial charge in [0.15, 0.2) is 0 Å². The number of hydrogen-bond acceptors (Lipinski definition) is 3. The molecule has 23 heavy (non-hydrogen) atoms. The Morgan fingerprint density at radius 2 is 1.83 bits per heavy atom. The van der Waals surface area contributed by atoms with Gasteiger partial charge in [-0.15, -0.1) is 0 Å². The second kappa shape index (κ2) is 4.81. The minimum atomic E-state index is -0.502. The molecule has 0 radical (unpaired) electrons. The number of hydrogen-bond donors (Lipinski definition) is 0. The third kappa shape index (κ3) is 1.78. The molecule has 0 fully saturated rings. The van der Waals surface area contributed by atoms with E-state index in [1.165, 1.54) is 4.90 Å². The van der Waals surface area contributed by atoms with E-state index in [1.54, 1.807) is 19.2 Å². The number of carbonyl (C=O) groups is 2. The largest absolute Gasteiger partial charge is 0.493 e. The molecular formula is C19H15NO3. The SMILES string of the molecule is CCOc1ccc2c3c(cc4ccccc4c13)N(C)C(=O)C2=O. The molecule has 0 N–H and O–H groups in total. The quantitative estimate of drug-likeness (QED) is 0.537. The van der Waals surface area contributed by atoms with Gasteiger partial charge < -0.3 is 9.64 Å². The molecule has 4 nitrogen and oxygen atoms in total. The van der Waals surface area contributed by atoms with Crippen molar-refractivity contribution in [2.45, 2.75) is 6.92 Å². The van der Waals surface area contributed by atoms with Crippen LogP contribution in [0.4, 0.5) is 5.69 Å². The molecule has 1 heterocycles. The second-order valence-electron chi connectivity index (χ2n) is 5.60. The van der Waals surface area contributed by atoms with E-state index in [9.17, 15) is 9.59 Å². The maximum Gasteiger partial charge on any atom is 0.299 e. The first-order valence-electron chi connectivity index (χ1n) is 7.57. The first-order valence-corrected chi connectivity index (χ1v) is 7.57. The summed E-state index contributed by atoms with van der Waals surface area (Å²) in [6, 6.07) is 13.4. The van der Waals surface area contributed by atoms with Crippen molar-refractivity contribution in [3.63, 3.8) is 0 Å². The van der Waals surface area contributed by atoms with Gasteiger partial charge in [-0.25, -0.2) is 0 Å². The lowest BCUT2D eigenvalue weighted by Crippen LogP contribution is -2.36. The smallest absolute Gasteiger partial charge is 0.299 e. The lowest BCUT2D eigenvalue weighted by atomic mass is 9.91. The molecule has 0 saturated carbocycles. The summed E-state index contributed by atoms with van der Waals surface area (Å²) in [4.78, 5) is 26.0. The fourth-order valence-corrected chi connectivity index (χ4v) is 3.29. The van der Waals surface area contributed by atoms with Crippen molar-refractivity contribution in [1.82, 2.24) is 0 Å². The van der Waals surface area contributed by atoms with Gasteiger partial charge in [0, 0.05) is 23.4 Å². The number of Topliss-reactive ketones (excluding diaryl/α,β-unsaturated/α-hetero) is 1.